The van der Waals surface area contributed by atoms with Crippen molar-refractivity contribution in [3.8, 4) is 0 Å². The molecule has 1 aliphatic heterocycles. The standard InChI is InChI=1S/C11H13ClN2O2/c1-13-9-7-3-2-4-8(12)10(7)14(5-6-15)11(9)16/h2-4,9,13,15H,5-6H2,1H3. The van der Waals surface area contributed by atoms with Crippen LogP contribution in [0.2, 0.25) is 5.02 Å². The van der Waals surface area contributed by atoms with Gasteiger partial charge in [0.2, 0.25) is 5.91 Å². The highest BCUT2D eigenvalue weighted by Gasteiger charge is 2.37. The molecule has 1 aromatic carbocycles. The first kappa shape index (κ1) is 11.4. The van der Waals surface area contributed by atoms with Crippen LogP contribution >= 0.6 is 11.6 Å². The normalized spacial score (nSPS) is 19.1. The number of carbonyl (C=O) groups excluding carboxylic acids is 1. The van der Waals surface area contributed by atoms with Gasteiger partial charge in [0.25, 0.3) is 0 Å². The highest BCUT2D eigenvalue weighted by atomic mass is 35.5. The summed E-state index contributed by atoms with van der Waals surface area (Å²) in [5.41, 5.74) is 1.58. The van der Waals surface area contributed by atoms with Crippen molar-refractivity contribution < 1.29 is 9.90 Å². The first-order valence-corrected chi connectivity index (χ1v) is 5.46. The Hall–Kier alpha value is -1.10. The Morgan fingerprint density at radius 2 is 2.31 bits per heavy atom. The van der Waals surface area contributed by atoms with E-state index < -0.39 is 0 Å². The first-order chi connectivity index (χ1) is 7.70. The smallest absolute Gasteiger partial charge is 0.248 e. The van der Waals surface area contributed by atoms with Crippen LogP contribution in [0.3, 0.4) is 0 Å². The average Bonchev–Trinajstić information content (AvgIpc) is 2.54. The van der Waals surface area contributed by atoms with Gasteiger partial charge in [-0.05, 0) is 13.1 Å². The van der Waals surface area contributed by atoms with Crippen molar-refractivity contribution in [3.63, 3.8) is 0 Å². The predicted molar refractivity (Wildman–Crippen MR) is 62.7 cm³/mol. The zero-order valence-corrected chi connectivity index (χ0v) is 9.66. The summed E-state index contributed by atoms with van der Waals surface area (Å²) in [4.78, 5) is 13.6. The van der Waals surface area contributed by atoms with E-state index >= 15 is 0 Å². The summed E-state index contributed by atoms with van der Waals surface area (Å²) in [6.07, 6.45) is 0. The first-order valence-electron chi connectivity index (χ1n) is 5.08. The number of amides is 1. The third-order valence-electron chi connectivity index (χ3n) is 2.72. The van der Waals surface area contributed by atoms with E-state index in [1.54, 1.807) is 13.1 Å². The van der Waals surface area contributed by atoms with Crippen LogP contribution in [0.5, 0.6) is 0 Å². The van der Waals surface area contributed by atoms with Crippen LogP contribution < -0.4 is 10.2 Å². The summed E-state index contributed by atoms with van der Waals surface area (Å²) in [6, 6.07) is 5.08. The molecule has 1 aliphatic rings. The molecule has 1 amide bonds. The number of para-hydroxylation sites is 1. The Labute approximate surface area is 98.8 Å². The van der Waals surface area contributed by atoms with Crippen molar-refractivity contribution >= 4 is 23.2 Å². The second-order valence-electron chi connectivity index (χ2n) is 3.61. The molecule has 0 aromatic heterocycles. The van der Waals surface area contributed by atoms with Gasteiger partial charge in [0.1, 0.15) is 6.04 Å². The van der Waals surface area contributed by atoms with Gasteiger partial charge in [-0.3, -0.25) is 4.79 Å². The van der Waals surface area contributed by atoms with E-state index in [0.29, 0.717) is 10.7 Å². The van der Waals surface area contributed by atoms with Gasteiger partial charge in [-0.25, -0.2) is 0 Å². The molecule has 0 saturated carbocycles. The van der Waals surface area contributed by atoms with Gasteiger partial charge in [-0.15, -0.1) is 0 Å². The molecule has 1 atom stereocenters. The molecule has 0 spiro atoms. The van der Waals surface area contributed by atoms with Crippen molar-refractivity contribution in [2.45, 2.75) is 6.04 Å². The number of β-amino-alcohol motifs (C(OH)–C–C–N with tert-alkyl or cyclic N) is 1. The van der Waals surface area contributed by atoms with E-state index in [2.05, 4.69) is 5.32 Å². The number of hydrogen-bond donors (Lipinski definition) is 2. The van der Waals surface area contributed by atoms with Crippen LogP contribution in [0, 0.1) is 0 Å². The largest absolute Gasteiger partial charge is 0.395 e. The molecule has 16 heavy (non-hydrogen) atoms. The molecule has 1 aromatic rings. The molecule has 0 fully saturated rings. The highest BCUT2D eigenvalue weighted by Crippen LogP contribution is 2.40. The quantitative estimate of drug-likeness (QED) is 0.827. The molecule has 0 bridgehead atoms. The lowest BCUT2D eigenvalue weighted by Gasteiger charge is -2.17. The van der Waals surface area contributed by atoms with Gasteiger partial charge < -0.3 is 15.3 Å². The monoisotopic (exact) mass is 240 g/mol. The maximum atomic E-state index is 12.0. The van der Waals surface area contributed by atoms with Gasteiger partial charge in [-0.2, -0.15) is 0 Å². The zero-order chi connectivity index (χ0) is 11.7. The summed E-state index contributed by atoms with van der Waals surface area (Å²) in [7, 11) is 1.73. The fourth-order valence-electron chi connectivity index (χ4n) is 2.05. The summed E-state index contributed by atoms with van der Waals surface area (Å²) in [5.74, 6) is -0.0698. The van der Waals surface area contributed by atoms with E-state index in [4.69, 9.17) is 16.7 Å². The van der Waals surface area contributed by atoms with Crippen molar-refractivity contribution in [1.29, 1.82) is 0 Å². The molecule has 2 N–H and O–H groups in total. The molecular formula is C11H13ClN2O2. The summed E-state index contributed by atoms with van der Waals surface area (Å²) >= 11 is 6.08. The second-order valence-corrected chi connectivity index (χ2v) is 4.02. The number of nitrogens with zero attached hydrogens (tertiary/aromatic N) is 1. The summed E-state index contributed by atoms with van der Waals surface area (Å²) in [5, 5.41) is 12.5. The van der Waals surface area contributed by atoms with E-state index in [-0.39, 0.29) is 25.1 Å². The fraction of sp³-hybridized carbons (Fsp3) is 0.364. The Kier molecular flexibility index (Phi) is 3.14. The average molecular weight is 241 g/mol. The maximum Gasteiger partial charge on any atom is 0.248 e. The van der Waals surface area contributed by atoms with Crippen molar-refractivity contribution in [2.75, 3.05) is 25.1 Å². The minimum atomic E-state index is -0.361. The number of fused-ring (bicyclic) bond motifs is 1. The van der Waals surface area contributed by atoms with E-state index in [9.17, 15) is 4.79 Å². The number of likely N-dealkylation sites (N-methyl/N-ethyl adjacent to an activating group) is 1. The third kappa shape index (κ3) is 1.59. The highest BCUT2D eigenvalue weighted by molar-refractivity contribution is 6.34. The SMILES string of the molecule is CNC1C(=O)N(CCO)c2c(Cl)cccc21. The van der Waals surface area contributed by atoms with Crippen LogP contribution in [0.1, 0.15) is 11.6 Å². The number of anilines is 1. The number of nitrogens with one attached hydrogen (secondary N) is 1. The topological polar surface area (TPSA) is 52.6 Å². The Morgan fingerprint density at radius 3 is 2.94 bits per heavy atom. The van der Waals surface area contributed by atoms with Crippen molar-refractivity contribution in [3.05, 3.63) is 28.8 Å². The van der Waals surface area contributed by atoms with E-state index in [1.807, 2.05) is 12.1 Å². The minimum absolute atomic E-state index is 0.0698. The predicted octanol–water partition coefficient (Wildman–Crippen LogP) is 0.939. The molecule has 2 rings (SSSR count). The van der Waals surface area contributed by atoms with Crippen LogP contribution in [-0.4, -0.2) is 31.2 Å². The molecular weight excluding hydrogens is 228 g/mol. The molecule has 0 aliphatic carbocycles. The van der Waals surface area contributed by atoms with E-state index in [0.717, 1.165) is 5.56 Å². The molecule has 4 nitrogen and oxygen atoms in total. The lowest BCUT2D eigenvalue weighted by atomic mass is 10.1. The molecule has 0 saturated heterocycles. The van der Waals surface area contributed by atoms with Crippen molar-refractivity contribution in [1.82, 2.24) is 5.32 Å². The molecule has 5 heteroatoms. The van der Waals surface area contributed by atoms with Crippen LogP contribution in [0.4, 0.5) is 5.69 Å². The number of benzene rings is 1. The lowest BCUT2D eigenvalue weighted by Crippen LogP contribution is -2.35. The fourth-order valence-corrected chi connectivity index (χ4v) is 2.33. The lowest BCUT2D eigenvalue weighted by molar-refractivity contribution is -0.120. The van der Waals surface area contributed by atoms with E-state index in [1.165, 1.54) is 4.90 Å². The summed E-state index contributed by atoms with van der Waals surface area (Å²) < 4.78 is 0. The summed E-state index contributed by atoms with van der Waals surface area (Å²) in [6.45, 7) is 0.195. The number of aliphatic hydroxyl groups is 1. The third-order valence-corrected chi connectivity index (χ3v) is 3.03. The van der Waals surface area contributed by atoms with Gasteiger partial charge in [0, 0.05) is 12.1 Å². The van der Waals surface area contributed by atoms with Gasteiger partial charge in [0.15, 0.2) is 0 Å². The zero-order valence-electron chi connectivity index (χ0n) is 8.90. The number of rotatable bonds is 3. The Bertz CT molecular complexity index is 422. The van der Waals surface area contributed by atoms with Crippen LogP contribution in [0.25, 0.3) is 0 Å². The van der Waals surface area contributed by atoms with Crippen LogP contribution in [0.15, 0.2) is 18.2 Å². The molecule has 1 heterocycles. The van der Waals surface area contributed by atoms with Gasteiger partial charge >= 0.3 is 0 Å². The number of carbonyl (C=O) groups is 1. The van der Waals surface area contributed by atoms with Gasteiger partial charge in [0.05, 0.1) is 17.3 Å². The molecule has 1 unspecified atom stereocenters. The van der Waals surface area contributed by atoms with Crippen LogP contribution in [-0.2, 0) is 4.79 Å². The van der Waals surface area contributed by atoms with Gasteiger partial charge in [-0.1, -0.05) is 23.7 Å². The number of halogens is 1. The second kappa shape index (κ2) is 4.41. The molecule has 0 radical (unpaired) electrons. The minimum Gasteiger partial charge on any atom is -0.395 e. The molecule has 86 valence electrons. The van der Waals surface area contributed by atoms with Crippen molar-refractivity contribution in [2.24, 2.45) is 0 Å². The number of aliphatic hydroxyl groups excluding tert-OH is 1. The Morgan fingerprint density at radius 1 is 1.56 bits per heavy atom. The maximum absolute atomic E-state index is 12.0. The number of hydrogen-bond acceptors (Lipinski definition) is 3. The Balaban J connectivity index is 2.51.